The average molecular weight is 356 g/mol. The highest BCUT2D eigenvalue weighted by Crippen LogP contribution is 2.37. The molecular weight excluding hydrogens is 342 g/mol. The highest BCUT2D eigenvalue weighted by Gasteiger charge is 2.23. The Kier molecular flexibility index (Phi) is 4.42. The summed E-state index contributed by atoms with van der Waals surface area (Å²) in [4.78, 5) is 27.1. The predicted octanol–water partition coefficient (Wildman–Crippen LogP) is 4.26. The first-order valence-electron chi connectivity index (χ1n) is 7.57. The molecule has 0 fully saturated rings. The third-order valence-corrected chi connectivity index (χ3v) is 4.22. The monoisotopic (exact) mass is 355 g/mol. The van der Waals surface area contributed by atoms with E-state index in [9.17, 15) is 14.7 Å². The van der Waals surface area contributed by atoms with Crippen LogP contribution in [0.3, 0.4) is 0 Å². The molecule has 0 spiro atoms. The zero-order valence-electron chi connectivity index (χ0n) is 13.1. The van der Waals surface area contributed by atoms with Crippen molar-refractivity contribution in [2.75, 3.05) is 0 Å². The summed E-state index contributed by atoms with van der Waals surface area (Å²) in [6.07, 6.45) is 4.50. The molecule has 4 rings (SSSR count). The Labute approximate surface area is 149 Å². The van der Waals surface area contributed by atoms with Crippen molar-refractivity contribution in [2.45, 2.75) is 12.8 Å². The lowest BCUT2D eigenvalue weighted by molar-refractivity contribution is 0.0663. The van der Waals surface area contributed by atoms with E-state index < -0.39 is 5.97 Å². The Bertz CT molecular complexity index is 963. The number of rotatable bonds is 3. The summed E-state index contributed by atoms with van der Waals surface area (Å²) in [7, 11) is 0. The van der Waals surface area contributed by atoms with E-state index in [0.717, 1.165) is 28.7 Å². The van der Waals surface area contributed by atoms with Crippen LogP contribution in [0, 0.1) is 0 Å². The van der Waals surface area contributed by atoms with E-state index in [0.29, 0.717) is 17.7 Å². The van der Waals surface area contributed by atoms with E-state index in [2.05, 4.69) is 4.98 Å². The predicted molar refractivity (Wildman–Crippen MR) is 94.2 cm³/mol. The van der Waals surface area contributed by atoms with E-state index in [4.69, 9.17) is 4.42 Å². The number of carboxylic acid groups (broad SMARTS) is 1. The van der Waals surface area contributed by atoms with Crippen molar-refractivity contribution in [3.63, 3.8) is 0 Å². The minimum absolute atomic E-state index is 0. The number of halogens is 1. The number of hydrogen-bond acceptors (Lipinski definition) is 4. The van der Waals surface area contributed by atoms with Crippen molar-refractivity contribution in [3.05, 3.63) is 65.7 Å². The van der Waals surface area contributed by atoms with Gasteiger partial charge in [0.15, 0.2) is 5.78 Å². The molecule has 0 saturated carbocycles. The smallest absolute Gasteiger partial charge is 0.371 e. The van der Waals surface area contributed by atoms with Crippen LogP contribution in [-0.4, -0.2) is 21.8 Å². The number of Topliss-reactive ketones (excluding diaryl/α,β-unsaturated/α-hetero) is 1. The molecule has 2 aromatic heterocycles. The van der Waals surface area contributed by atoms with Crippen LogP contribution >= 0.6 is 12.4 Å². The molecule has 3 aromatic rings. The van der Waals surface area contributed by atoms with E-state index in [-0.39, 0.29) is 24.0 Å². The highest BCUT2D eigenvalue weighted by atomic mass is 35.5. The van der Waals surface area contributed by atoms with Crippen molar-refractivity contribution < 1.29 is 19.1 Å². The van der Waals surface area contributed by atoms with Crippen molar-refractivity contribution in [1.29, 1.82) is 0 Å². The normalized spacial score (nSPS) is 12.6. The van der Waals surface area contributed by atoms with Crippen molar-refractivity contribution in [2.24, 2.45) is 0 Å². The minimum Gasteiger partial charge on any atom is -0.475 e. The molecule has 0 saturated heterocycles. The van der Waals surface area contributed by atoms with Gasteiger partial charge in [0.25, 0.3) is 0 Å². The van der Waals surface area contributed by atoms with Gasteiger partial charge >= 0.3 is 5.97 Å². The Morgan fingerprint density at radius 1 is 1.00 bits per heavy atom. The molecular formula is C19H14ClNO4. The third kappa shape index (κ3) is 2.94. The number of furan rings is 1. The van der Waals surface area contributed by atoms with Crippen molar-refractivity contribution in [3.8, 4) is 22.5 Å². The van der Waals surface area contributed by atoms with Gasteiger partial charge in [0.05, 0.1) is 0 Å². The number of ketones is 1. The number of carbonyl (C=O) groups excluding carboxylic acids is 1. The SMILES string of the molecule is Cl.O=C(O)c1cc(-c2ccc3c(c2)CCC3=O)c(-c2ccncc2)o1. The van der Waals surface area contributed by atoms with Crippen LogP contribution in [0.1, 0.15) is 32.9 Å². The van der Waals surface area contributed by atoms with Gasteiger partial charge in [0.1, 0.15) is 5.76 Å². The molecule has 1 N–H and O–H groups in total. The number of aromatic nitrogens is 1. The summed E-state index contributed by atoms with van der Waals surface area (Å²) < 4.78 is 5.56. The summed E-state index contributed by atoms with van der Waals surface area (Å²) in [5.41, 5.74) is 4.04. The maximum atomic E-state index is 11.8. The summed E-state index contributed by atoms with van der Waals surface area (Å²) >= 11 is 0. The van der Waals surface area contributed by atoms with Gasteiger partial charge < -0.3 is 9.52 Å². The summed E-state index contributed by atoms with van der Waals surface area (Å²) in [6.45, 7) is 0. The third-order valence-electron chi connectivity index (χ3n) is 4.22. The van der Waals surface area contributed by atoms with Crippen LogP contribution in [0.5, 0.6) is 0 Å². The fraction of sp³-hybridized carbons (Fsp3) is 0.105. The number of aromatic carboxylic acids is 1. The maximum absolute atomic E-state index is 11.8. The van der Waals surface area contributed by atoms with E-state index >= 15 is 0 Å². The van der Waals surface area contributed by atoms with Crippen LogP contribution in [0.4, 0.5) is 0 Å². The second-order valence-corrected chi connectivity index (χ2v) is 5.69. The molecule has 6 heteroatoms. The molecule has 1 aliphatic carbocycles. The topological polar surface area (TPSA) is 80.4 Å². The number of benzene rings is 1. The maximum Gasteiger partial charge on any atom is 0.371 e. The number of nitrogens with zero attached hydrogens (tertiary/aromatic N) is 1. The highest BCUT2D eigenvalue weighted by molar-refractivity contribution is 6.01. The van der Waals surface area contributed by atoms with Gasteiger partial charge in [-0.15, -0.1) is 12.4 Å². The van der Waals surface area contributed by atoms with E-state index in [1.54, 1.807) is 24.5 Å². The van der Waals surface area contributed by atoms with Crippen LogP contribution in [-0.2, 0) is 6.42 Å². The van der Waals surface area contributed by atoms with E-state index in [1.165, 1.54) is 6.07 Å². The van der Waals surface area contributed by atoms with Crippen molar-refractivity contribution >= 4 is 24.2 Å². The minimum atomic E-state index is -1.12. The molecule has 0 amide bonds. The Balaban J connectivity index is 0.00000182. The molecule has 0 bridgehead atoms. The second kappa shape index (κ2) is 6.53. The van der Waals surface area contributed by atoms with Gasteiger partial charge in [-0.05, 0) is 35.7 Å². The fourth-order valence-electron chi connectivity index (χ4n) is 3.05. The number of fused-ring (bicyclic) bond motifs is 1. The molecule has 25 heavy (non-hydrogen) atoms. The van der Waals surface area contributed by atoms with Crippen LogP contribution < -0.4 is 0 Å². The molecule has 1 aromatic carbocycles. The number of carboxylic acids is 1. The first-order chi connectivity index (χ1) is 11.6. The lowest BCUT2D eigenvalue weighted by Gasteiger charge is -2.05. The summed E-state index contributed by atoms with van der Waals surface area (Å²) in [5.74, 6) is -0.593. The van der Waals surface area contributed by atoms with Gasteiger partial charge in [-0.3, -0.25) is 9.78 Å². The van der Waals surface area contributed by atoms with Gasteiger partial charge in [0, 0.05) is 35.5 Å². The standard InChI is InChI=1S/C19H13NO4.ClH/c21-16-4-2-12-9-13(1-3-14(12)16)15-10-17(19(22)23)24-18(15)11-5-7-20-8-6-11;/h1,3,5-10H,2,4H2,(H,22,23);1H. The fourth-order valence-corrected chi connectivity index (χ4v) is 3.05. The van der Waals surface area contributed by atoms with E-state index in [1.807, 2.05) is 18.2 Å². The molecule has 1 aliphatic rings. The summed E-state index contributed by atoms with van der Waals surface area (Å²) in [5, 5.41) is 9.26. The average Bonchev–Trinajstić information content (AvgIpc) is 3.20. The second-order valence-electron chi connectivity index (χ2n) is 5.69. The number of aryl methyl sites for hydroxylation is 1. The molecule has 2 heterocycles. The first kappa shape index (κ1) is 16.9. The lowest BCUT2D eigenvalue weighted by atomic mass is 9.98. The molecule has 0 atom stereocenters. The molecule has 0 unspecified atom stereocenters. The van der Waals surface area contributed by atoms with Crippen LogP contribution in [0.25, 0.3) is 22.5 Å². The van der Waals surface area contributed by atoms with Gasteiger partial charge in [-0.1, -0.05) is 18.2 Å². The first-order valence-corrected chi connectivity index (χ1v) is 7.57. The lowest BCUT2D eigenvalue weighted by Crippen LogP contribution is -1.92. The summed E-state index contributed by atoms with van der Waals surface area (Å²) in [6, 6.07) is 10.7. The number of pyridine rings is 1. The van der Waals surface area contributed by atoms with Gasteiger partial charge in [-0.2, -0.15) is 0 Å². The largest absolute Gasteiger partial charge is 0.475 e. The van der Waals surface area contributed by atoms with Crippen LogP contribution in [0.2, 0.25) is 0 Å². The van der Waals surface area contributed by atoms with Gasteiger partial charge in [-0.25, -0.2) is 4.79 Å². The van der Waals surface area contributed by atoms with Gasteiger partial charge in [0.2, 0.25) is 5.76 Å². The molecule has 0 radical (unpaired) electrons. The number of carbonyl (C=O) groups is 2. The van der Waals surface area contributed by atoms with Crippen molar-refractivity contribution in [1.82, 2.24) is 4.98 Å². The molecule has 0 aliphatic heterocycles. The zero-order valence-corrected chi connectivity index (χ0v) is 13.9. The zero-order chi connectivity index (χ0) is 16.7. The number of hydrogen-bond donors (Lipinski definition) is 1. The Morgan fingerprint density at radius 2 is 1.76 bits per heavy atom. The van der Waals surface area contributed by atoms with Crippen LogP contribution in [0.15, 0.2) is 53.2 Å². The quantitative estimate of drug-likeness (QED) is 0.759. The Hall–Kier alpha value is -2.92. The molecule has 126 valence electrons. The Morgan fingerprint density at radius 3 is 2.48 bits per heavy atom. The molecule has 5 nitrogen and oxygen atoms in total.